The number of benzene rings is 1. The Morgan fingerprint density at radius 1 is 1.17 bits per heavy atom. The largest absolute Gasteiger partial charge is 0.450 e. The van der Waals surface area contributed by atoms with Crippen molar-refractivity contribution in [2.45, 2.75) is 6.92 Å². The lowest BCUT2D eigenvalue weighted by Gasteiger charge is -2.34. The summed E-state index contributed by atoms with van der Waals surface area (Å²) in [4.78, 5) is 27.1. The van der Waals surface area contributed by atoms with Gasteiger partial charge in [-0.25, -0.2) is 4.79 Å². The van der Waals surface area contributed by atoms with Crippen LogP contribution in [0.5, 0.6) is 0 Å². The Labute approximate surface area is 145 Å². The Morgan fingerprint density at radius 2 is 1.83 bits per heavy atom. The van der Waals surface area contributed by atoms with Crippen molar-refractivity contribution in [2.75, 3.05) is 44.6 Å². The Morgan fingerprint density at radius 3 is 2.43 bits per heavy atom. The molecule has 126 valence electrons. The minimum absolute atomic E-state index is 0.0421. The number of nitrogens with zero attached hydrogens (tertiary/aromatic N) is 2. The van der Waals surface area contributed by atoms with E-state index in [-0.39, 0.29) is 18.5 Å². The minimum Gasteiger partial charge on any atom is -0.450 e. The van der Waals surface area contributed by atoms with E-state index in [1.165, 1.54) is 0 Å². The summed E-state index contributed by atoms with van der Waals surface area (Å²) in [6.07, 6.45) is -0.328. The number of hydrogen-bond acceptors (Lipinski definition) is 4. The van der Waals surface area contributed by atoms with Gasteiger partial charge in [-0.1, -0.05) is 23.2 Å². The van der Waals surface area contributed by atoms with Crippen LogP contribution in [-0.4, -0.2) is 61.1 Å². The van der Waals surface area contributed by atoms with Crippen LogP contribution in [0.1, 0.15) is 6.92 Å². The van der Waals surface area contributed by atoms with E-state index in [2.05, 4.69) is 5.32 Å². The van der Waals surface area contributed by atoms with Crippen LogP contribution in [-0.2, 0) is 9.53 Å². The van der Waals surface area contributed by atoms with Crippen molar-refractivity contribution in [2.24, 2.45) is 0 Å². The predicted molar refractivity (Wildman–Crippen MR) is 90.1 cm³/mol. The average molecular weight is 360 g/mol. The van der Waals surface area contributed by atoms with Crippen molar-refractivity contribution < 1.29 is 14.3 Å². The van der Waals surface area contributed by atoms with E-state index in [4.69, 9.17) is 27.9 Å². The highest BCUT2D eigenvalue weighted by atomic mass is 35.5. The first kappa shape index (κ1) is 17.7. The summed E-state index contributed by atoms with van der Waals surface area (Å²) < 4.78 is 4.95. The molecule has 2 rings (SSSR count). The molecule has 8 heteroatoms. The van der Waals surface area contributed by atoms with Gasteiger partial charge in [-0.05, 0) is 25.1 Å². The Hall–Kier alpha value is -1.66. The number of amides is 2. The fourth-order valence-corrected chi connectivity index (χ4v) is 2.74. The third kappa shape index (κ3) is 4.91. The third-order valence-corrected chi connectivity index (χ3v) is 4.07. The zero-order valence-electron chi connectivity index (χ0n) is 12.8. The average Bonchev–Trinajstić information content (AvgIpc) is 2.54. The summed E-state index contributed by atoms with van der Waals surface area (Å²) in [6, 6.07) is 5.06. The maximum atomic E-state index is 12.2. The summed E-state index contributed by atoms with van der Waals surface area (Å²) in [6.45, 7) is 4.20. The van der Waals surface area contributed by atoms with Gasteiger partial charge >= 0.3 is 6.09 Å². The first-order valence-electron chi connectivity index (χ1n) is 7.39. The van der Waals surface area contributed by atoms with Gasteiger partial charge in [0.2, 0.25) is 5.91 Å². The second-order valence-corrected chi connectivity index (χ2v) is 5.89. The van der Waals surface area contributed by atoms with Gasteiger partial charge in [-0.3, -0.25) is 4.79 Å². The summed E-state index contributed by atoms with van der Waals surface area (Å²) >= 11 is 11.9. The first-order chi connectivity index (χ1) is 11.0. The highest BCUT2D eigenvalue weighted by molar-refractivity contribution is 6.36. The third-order valence-electron chi connectivity index (χ3n) is 3.52. The van der Waals surface area contributed by atoms with E-state index in [0.717, 1.165) is 0 Å². The summed E-state index contributed by atoms with van der Waals surface area (Å²) in [5.74, 6) is -0.0421. The van der Waals surface area contributed by atoms with Crippen LogP contribution >= 0.6 is 23.2 Å². The molecular formula is C15H19Cl2N3O3. The van der Waals surface area contributed by atoms with Gasteiger partial charge in [0.15, 0.2) is 0 Å². The minimum atomic E-state index is -0.328. The highest BCUT2D eigenvalue weighted by Crippen LogP contribution is 2.25. The van der Waals surface area contributed by atoms with Crippen LogP contribution in [0.2, 0.25) is 10.0 Å². The lowest BCUT2D eigenvalue weighted by atomic mass is 10.3. The van der Waals surface area contributed by atoms with Gasteiger partial charge in [0.1, 0.15) is 0 Å². The summed E-state index contributed by atoms with van der Waals surface area (Å²) in [5.41, 5.74) is 0.662. The van der Waals surface area contributed by atoms with Crippen molar-refractivity contribution >= 4 is 40.9 Å². The van der Waals surface area contributed by atoms with E-state index in [1.54, 1.807) is 34.9 Å². The van der Waals surface area contributed by atoms with Crippen molar-refractivity contribution in [1.82, 2.24) is 9.80 Å². The Balaban J connectivity index is 1.80. The molecule has 0 spiro atoms. The number of rotatable bonds is 4. The van der Waals surface area contributed by atoms with Gasteiger partial charge in [0.05, 0.1) is 23.9 Å². The van der Waals surface area contributed by atoms with Crippen molar-refractivity contribution in [3.05, 3.63) is 28.2 Å². The zero-order chi connectivity index (χ0) is 16.8. The van der Waals surface area contributed by atoms with Crippen LogP contribution < -0.4 is 5.32 Å². The molecule has 0 radical (unpaired) electrons. The summed E-state index contributed by atoms with van der Waals surface area (Å²) in [5, 5.41) is 4.02. The lowest BCUT2D eigenvalue weighted by molar-refractivity contribution is -0.130. The predicted octanol–water partition coefficient (Wildman–Crippen LogP) is 2.71. The maximum absolute atomic E-state index is 12.2. The second kappa shape index (κ2) is 8.26. The van der Waals surface area contributed by atoms with Crippen molar-refractivity contribution in [3.8, 4) is 0 Å². The first-order valence-corrected chi connectivity index (χ1v) is 8.15. The number of piperazine rings is 1. The van der Waals surface area contributed by atoms with Gasteiger partial charge in [-0.2, -0.15) is 0 Å². The molecule has 1 N–H and O–H groups in total. The maximum Gasteiger partial charge on any atom is 0.409 e. The molecule has 1 heterocycles. The van der Waals surface area contributed by atoms with Crippen LogP contribution in [0, 0.1) is 0 Å². The number of nitrogens with one attached hydrogen (secondary N) is 1. The normalized spacial score (nSPS) is 14.6. The fourth-order valence-electron chi connectivity index (χ4n) is 2.27. The molecule has 23 heavy (non-hydrogen) atoms. The smallest absolute Gasteiger partial charge is 0.409 e. The van der Waals surface area contributed by atoms with Crippen LogP contribution in [0.3, 0.4) is 0 Å². The van der Waals surface area contributed by atoms with Gasteiger partial charge in [0.25, 0.3) is 0 Å². The summed E-state index contributed by atoms with van der Waals surface area (Å²) in [7, 11) is 0. The molecule has 1 aromatic rings. The van der Waals surface area contributed by atoms with Gasteiger partial charge in [-0.15, -0.1) is 0 Å². The molecule has 1 aliphatic rings. The molecule has 0 saturated carbocycles. The SMILES string of the molecule is CCOC(=O)N1CCN(C(=O)CNc2ccc(Cl)cc2Cl)CC1. The number of hydrogen-bond donors (Lipinski definition) is 1. The highest BCUT2D eigenvalue weighted by Gasteiger charge is 2.24. The lowest BCUT2D eigenvalue weighted by Crippen LogP contribution is -2.51. The molecule has 0 aliphatic carbocycles. The topological polar surface area (TPSA) is 61.9 Å². The number of ether oxygens (including phenoxy) is 1. The molecule has 1 saturated heterocycles. The Kier molecular flexibility index (Phi) is 6.36. The molecule has 1 fully saturated rings. The number of anilines is 1. The molecular weight excluding hydrogens is 341 g/mol. The molecule has 6 nitrogen and oxygen atoms in total. The molecule has 1 aliphatic heterocycles. The second-order valence-electron chi connectivity index (χ2n) is 5.04. The molecule has 0 aromatic heterocycles. The molecule has 1 aromatic carbocycles. The van der Waals surface area contributed by atoms with Crippen LogP contribution in [0.25, 0.3) is 0 Å². The van der Waals surface area contributed by atoms with E-state index < -0.39 is 0 Å². The van der Waals surface area contributed by atoms with E-state index in [9.17, 15) is 9.59 Å². The van der Waals surface area contributed by atoms with E-state index in [1.807, 2.05) is 0 Å². The quantitative estimate of drug-likeness (QED) is 0.897. The monoisotopic (exact) mass is 359 g/mol. The van der Waals surface area contributed by atoms with Gasteiger partial charge < -0.3 is 19.9 Å². The molecule has 0 bridgehead atoms. The zero-order valence-corrected chi connectivity index (χ0v) is 14.4. The van der Waals surface area contributed by atoms with Crippen LogP contribution in [0.15, 0.2) is 18.2 Å². The standard InChI is InChI=1S/C15H19Cl2N3O3/c1-2-23-15(22)20-7-5-19(6-8-20)14(21)10-18-13-4-3-11(16)9-12(13)17/h3-4,9,18H,2,5-8,10H2,1H3. The van der Waals surface area contributed by atoms with Crippen molar-refractivity contribution in [1.29, 1.82) is 0 Å². The molecule has 2 amide bonds. The molecule has 0 atom stereocenters. The number of halogens is 2. The number of carbonyl (C=O) groups is 2. The Bertz CT molecular complexity index is 575. The van der Waals surface area contributed by atoms with Crippen LogP contribution in [0.4, 0.5) is 10.5 Å². The van der Waals surface area contributed by atoms with E-state index >= 15 is 0 Å². The van der Waals surface area contributed by atoms with Crippen molar-refractivity contribution in [3.63, 3.8) is 0 Å². The van der Waals surface area contributed by atoms with Gasteiger partial charge in [0, 0.05) is 31.2 Å². The number of carbonyl (C=O) groups excluding carboxylic acids is 2. The van der Waals surface area contributed by atoms with E-state index in [0.29, 0.717) is 48.5 Å². The molecule has 0 unspecified atom stereocenters. The fraction of sp³-hybridized carbons (Fsp3) is 0.467.